The topological polar surface area (TPSA) is 21.3 Å². The molecule has 1 atom stereocenters. The minimum absolute atomic E-state index is 0.230. The van der Waals surface area contributed by atoms with Crippen molar-refractivity contribution in [3.8, 4) is 0 Å². The maximum Gasteiger partial charge on any atom is 0.0480 e. The number of likely N-dealkylation sites (N-methyl/N-ethyl adjacent to an activating group) is 1. The smallest absolute Gasteiger partial charge is 0.0480 e. The van der Waals surface area contributed by atoms with Crippen LogP contribution in [0.25, 0.3) is 0 Å². The Labute approximate surface area is 131 Å². The zero-order valence-electron chi connectivity index (χ0n) is 14.5. The van der Waals surface area contributed by atoms with E-state index in [9.17, 15) is 0 Å². The van der Waals surface area contributed by atoms with E-state index in [-0.39, 0.29) is 5.41 Å². The Hall–Kier alpha value is -0.860. The van der Waals surface area contributed by atoms with E-state index >= 15 is 0 Å². The van der Waals surface area contributed by atoms with Crippen LogP contribution in [0.1, 0.15) is 58.6 Å². The molecule has 0 saturated carbocycles. The molecule has 0 aliphatic heterocycles. The number of nitrogens with one attached hydrogen (secondary N) is 1. The lowest BCUT2D eigenvalue weighted by Gasteiger charge is -2.21. The fraction of sp³-hybridized carbons (Fsp3) is 0.684. The van der Waals surface area contributed by atoms with Gasteiger partial charge in [0, 0.05) is 19.3 Å². The monoisotopic (exact) mass is 291 g/mol. The van der Waals surface area contributed by atoms with Crippen LogP contribution in [0.15, 0.2) is 24.3 Å². The molecule has 0 aliphatic carbocycles. The highest BCUT2D eigenvalue weighted by atomic mass is 16.5. The van der Waals surface area contributed by atoms with Crippen LogP contribution in [0.4, 0.5) is 0 Å². The van der Waals surface area contributed by atoms with E-state index in [1.54, 1.807) is 0 Å². The summed E-state index contributed by atoms with van der Waals surface area (Å²) >= 11 is 0. The molecule has 1 unspecified atom stereocenters. The van der Waals surface area contributed by atoms with Gasteiger partial charge in [-0.25, -0.2) is 0 Å². The third-order valence-electron chi connectivity index (χ3n) is 3.75. The maximum absolute atomic E-state index is 5.62. The van der Waals surface area contributed by atoms with Gasteiger partial charge in [-0.2, -0.15) is 0 Å². The van der Waals surface area contributed by atoms with Crippen LogP contribution in [-0.2, 0) is 16.6 Å². The van der Waals surface area contributed by atoms with Gasteiger partial charge >= 0.3 is 0 Å². The van der Waals surface area contributed by atoms with Crippen LogP contribution < -0.4 is 5.32 Å². The predicted molar refractivity (Wildman–Crippen MR) is 92.0 cm³/mol. The van der Waals surface area contributed by atoms with E-state index in [1.165, 1.54) is 11.1 Å². The van der Waals surface area contributed by atoms with Gasteiger partial charge in [0.25, 0.3) is 0 Å². The highest BCUT2D eigenvalue weighted by Gasteiger charge is 2.14. The third kappa shape index (κ3) is 7.10. The van der Waals surface area contributed by atoms with Crippen molar-refractivity contribution in [2.45, 2.75) is 65.3 Å². The molecule has 0 saturated heterocycles. The van der Waals surface area contributed by atoms with E-state index in [2.05, 4.69) is 64.2 Å². The maximum atomic E-state index is 5.62. The Morgan fingerprint density at radius 3 is 2.24 bits per heavy atom. The fourth-order valence-corrected chi connectivity index (χ4v) is 2.46. The van der Waals surface area contributed by atoms with Gasteiger partial charge in [-0.3, -0.25) is 0 Å². The molecule has 1 aromatic carbocycles. The van der Waals surface area contributed by atoms with Crippen LogP contribution in [0.3, 0.4) is 0 Å². The highest BCUT2D eigenvalue weighted by molar-refractivity contribution is 5.28. The largest absolute Gasteiger partial charge is 0.381 e. The molecule has 0 heterocycles. The minimum atomic E-state index is 0.230. The quantitative estimate of drug-likeness (QED) is 0.684. The molecule has 1 rings (SSSR count). The zero-order valence-corrected chi connectivity index (χ0v) is 14.5. The molecule has 0 aliphatic rings. The van der Waals surface area contributed by atoms with Crippen LogP contribution in [-0.4, -0.2) is 25.8 Å². The average molecular weight is 291 g/mol. The summed E-state index contributed by atoms with van der Waals surface area (Å²) in [6.07, 6.45) is 3.25. The molecule has 0 bridgehead atoms. The van der Waals surface area contributed by atoms with Gasteiger partial charge < -0.3 is 10.1 Å². The van der Waals surface area contributed by atoms with Gasteiger partial charge in [-0.05, 0) is 42.3 Å². The number of hydrogen-bond acceptors (Lipinski definition) is 2. The van der Waals surface area contributed by atoms with Gasteiger partial charge in [0.1, 0.15) is 0 Å². The van der Waals surface area contributed by atoms with Crippen LogP contribution in [0, 0.1) is 0 Å². The van der Waals surface area contributed by atoms with Crippen molar-refractivity contribution in [1.29, 1.82) is 0 Å². The van der Waals surface area contributed by atoms with Crippen LogP contribution >= 0.6 is 0 Å². The molecule has 2 nitrogen and oxygen atoms in total. The first-order valence-corrected chi connectivity index (χ1v) is 8.38. The Morgan fingerprint density at radius 1 is 1.05 bits per heavy atom. The molecule has 1 aromatic rings. The van der Waals surface area contributed by atoms with Gasteiger partial charge in [-0.1, -0.05) is 58.9 Å². The Morgan fingerprint density at radius 2 is 1.71 bits per heavy atom. The second-order valence-corrected chi connectivity index (χ2v) is 6.81. The van der Waals surface area contributed by atoms with E-state index in [0.29, 0.717) is 6.04 Å². The number of ether oxygens (including phenoxy) is 1. The summed E-state index contributed by atoms with van der Waals surface area (Å²) < 4.78 is 5.62. The molecule has 21 heavy (non-hydrogen) atoms. The lowest BCUT2D eigenvalue weighted by Crippen LogP contribution is -2.32. The third-order valence-corrected chi connectivity index (χ3v) is 3.75. The van der Waals surface area contributed by atoms with Crippen molar-refractivity contribution in [2.24, 2.45) is 0 Å². The van der Waals surface area contributed by atoms with Crippen molar-refractivity contribution in [3.05, 3.63) is 35.4 Å². The SMILES string of the molecule is CCCOCCC(Cc1ccc(C(C)(C)C)cc1)NCC. The standard InChI is InChI=1S/C19H33NO/c1-6-13-21-14-12-18(20-7-2)15-16-8-10-17(11-9-16)19(3,4)5/h8-11,18,20H,6-7,12-15H2,1-5H3. The summed E-state index contributed by atoms with van der Waals surface area (Å²) in [7, 11) is 0. The van der Waals surface area contributed by atoms with Crippen LogP contribution in [0.5, 0.6) is 0 Å². The molecular formula is C19H33NO. The summed E-state index contributed by atoms with van der Waals surface area (Å²) in [5, 5.41) is 3.57. The molecular weight excluding hydrogens is 258 g/mol. The second kappa shape index (κ2) is 9.22. The molecule has 0 aromatic heterocycles. The van der Waals surface area contributed by atoms with Gasteiger partial charge in [0.05, 0.1) is 0 Å². The average Bonchev–Trinajstić information content (AvgIpc) is 2.43. The molecule has 0 radical (unpaired) electrons. The van der Waals surface area contributed by atoms with E-state index in [0.717, 1.165) is 39.0 Å². The van der Waals surface area contributed by atoms with E-state index < -0.39 is 0 Å². The van der Waals surface area contributed by atoms with Gasteiger partial charge in [0.2, 0.25) is 0 Å². The molecule has 2 heteroatoms. The number of rotatable bonds is 9. The summed E-state index contributed by atoms with van der Waals surface area (Å²) in [6.45, 7) is 13.8. The highest BCUT2D eigenvalue weighted by Crippen LogP contribution is 2.22. The van der Waals surface area contributed by atoms with Crippen molar-refractivity contribution in [2.75, 3.05) is 19.8 Å². The predicted octanol–water partition coefficient (Wildman–Crippen LogP) is 4.32. The first kappa shape index (κ1) is 18.2. The lowest BCUT2D eigenvalue weighted by atomic mass is 9.86. The Kier molecular flexibility index (Phi) is 7.98. The Balaban J connectivity index is 2.54. The van der Waals surface area contributed by atoms with Crippen molar-refractivity contribution in [3.63, 3.8) is 0 Å². The van der Waals surface area contributed by atoms with Crippen molar-refractivity contribution < 1.29 is 4.74 Å². The summed E-state index contributed by atoms with van der Waals surface area (Å²) in [5.74, 6) is 0. The molecule has 1 N–H and O–H groups in total. The Bertz CT molecular complexity index is 378. The molecule has 0 amide bonds. The summed E-state index contributed by atoms with van der Waals surface area (Å²) in [4.78, 5) is 0. The number of benzene rings is 1. The van der Waals surface area contributed by atoms with Gasteiger partial charge in [0.15, 0.2) is 0 Å². The minimum Gasteiger partial charge on any atom is -0.381 e. The zero-order chi connectivity index (χ0) is 15.7. The number of hydrogen-bond donors (Lipinski definition) is 1. The second-order valence-electron chi connectivity index (χ2n) is 6.81. The van der Waals surface area contributed by atoms with E-state index in [4.69, 9.17) is 4.74 Å². The van der Waals surface area contributed by atoms with Crippen molar-refractivity contribution in [1.82, 2.24) is 5.32 Å². The summed E-state index contributed by atoms with van der Waals surface area (Å²) in [5.41, 5.74) is 3.04. The van der Waals surface area contributed by atoms with E-state index in [1.807, 2.05) is 0 Å². The van der Waals surface area contributed by atoms with Gasteiger partial charge in [-0.15, -0.1) is 0 Å². The lowest BCUT2D eigenvalue weighted by molar-refractivity contribution is 0.124. The van der Waals surface area contributed by atoms with Crippen LogP contribution in [0.2, 0.25) is 0 Å². The fourth-order valence-electron chi connectivity index (χ4n) is 2.46. The molecule has 120 valence electrons. The molecule has 0 spiro atoms. The summed E-state index contributed by atoms with van der Waals surface area (Å²) in [6, 6.07) is 9.60. The normalized spacial score (nSPS) is 13.4. The first-order chi connectivity index (χ1) is 9.97. The first-order valence-electron chi connectivity index (χ1n) is 8.38. The molecule has 0 fully saturated rings. The van der Waals surface area contributed by atoms with Crippen molar-refractivity contribution >= 4 is 0 Å².